The number of allylic oxidation sites excluding steroid dienone is 3. The zero-order chi connectivity index (χ0) is 32.6. The number of fused-ring (bicyclic) bond motifs is 8. The minimum atomic E-state index is -0.813. The highest BCUT2D eigenvalue weighted by atomic mass is 32.2. The van der Waals surface area contributed by atoms with Crippen molar-refractivity contribution in [1.82, 2.24) is 21.3 Å². The van der Waals surface area contributed by atoms with Gasteiger partial charge in [0, 0.05) is 58.6 Å². The maximum Gasteiger partial charge on any atom is 0.303 e. The first kappa shape index (κ1) is 33.8. The van der Waals surface area contributed by atoms with Crippen LogP contribution in [0, 0.1) is 11.8 Å². The molecular formula is C35H50N4O4S2. The highest BCUT2D eigenvalue weighted by molar-refractivity contribution is 7.99. The molecule has 10 heteroatoms. The van der Waals surface area contributed by atoms with Crippen molar-refractivity contribution in [1.29, 1.82) is 0 Å². The van der Waals surface area contributed by atoms with Gasteiger partial charge in [-0.05, 0) is 117 Å². The van der Waals surface area contributed by atoms with Crippen LogP contribution in [0.2, 0.25) is 0 Å². The van der Waals surface area contributed by atoms with E-state index in [1.54, 1.807) is 0 Å². The summed E-state index contributed by atoms with van der Waals surface area (Å²) in [5.41, 5.74) is 9.26. The number of rotatable bonds is 10. The van der Waals surface area contributed by atoms with E-state index in [2.05, 4.69) is 92.7 Å². The third-order valence-corrected chi connectivity index (χ3v) is 12.7. The van der Waals surface area contributed by atoms with Gasteiger partial charge in [-0.1, -0.05) is 13.8 Å². The van der Waals surface area contributed by atoms with E-state index in [4.69, 9.17) is 0 Å². The molecule has 8 nitrogen and oxygen atoms in total. The van der Waals surface area contributed by atoms with Crippen molar-refractivity contribution in [2.45, 2.75) is 107 Å². The van der Waals surface area contributed by atoms with Crippen molar-refractivity contribution < 1.29 is 19.8 Å². The van der Waals surface area contributed by atoms with Gasteiger partial charge in [0.1, 0.15) is 0 Å². The van der Waals surface area contributed by atoms with Gasteiger partial charge in [-0.15, -0.1) is 0 Å². The predicted molar refractivity (Wildman–Crippen MR) is 186 cm³/mol. The van der Waals surface area contributed by atoms with Crippen LogP contribution < -0.4 is 21.3 Å². The standard InChI is InChI=1S/C35H50N4O4S2/c1-17-24(9-11-33(42)43)29-16-28-22(8-10-32(40)41)12-23(36-28)13-30-34(20(4)44-6)19(3)27(38-30)15-31-35(21(5)45-7)18(2)26(39-31)14-25(17)37-29/h12-13,15-16,19-21,25-28,30,34,36-39H,8-11,14H2,1-7H3,(H,40,41)(H,42,43)/b23-13-,29-16-,31-15-. The summed E-state index contributed by atoms with van der Waals surface area (Å²) in [5.74, 6) is -0.795. The van der Waals surface area contributed by atoms with Crippen LogP contribution in [0.4, 0.5) is 0 Å². The van der Waals surface area contributed by atoms with E-state index in [0.29, 0.717) is 35.2 Å². The lowest BCUT2D eigenvalue weighted by atomic mass is 9.85. The number of nitrogens with one attached hydrogen (secondary N) is 4. The Kier molecular flexibility index (Phi) is 10.6. The average Bonchev–Trinajstić information content (AvgIpc) is 3.69. The molecule has 5 heterocycles. The lowest BCUT2D eigenvalue weighted by molar-refractivity contribution is -0.138. The molecule has 0 aromatic rings. The fourth-order valence-electron chi connectivity index (χ4n) is 7.95. The Morgan fingerprint density at radius 3 is 2.22 bits per heavy atom. The van der Waals surface area contributed by atoms with E-state index < -0.39 is 11.9 Å². The molecule has 0 spiro atoms. The van der Waals surface area contributed by atoms with Gasteiger partial charge in [0.2, 0.25) is 0 Å². The van der Waals surface area contributed by atoms with E-state index in [1.165, 1.54) is 22.4 Å². The highest BCUT2D eigenvalue weighted by Crippen LogP contribution is 2.41. The van der Waals surface area contributed by atoms with Crippen LogP contribution in [-0.4, -0.2) is 75.4 Å². The number of hydrogen-bond acceptors (Lipinski definition) is 8. The number of thioether (sulfide) groups is 2. The van der Waals surface area contributed by atoms with E-state index in [9.17, 15) is 19.8 Å². The first-order valence-electron chi connectivity index (χ1n) is 16.2. The van der Waals surface area contributed by atoms with Crippen molar-refractivity contribution >= 4 is 35.5 Å². The molecule has 0 aromatic heterocycles. The van der Waals surface area contributed by atoms with Gasteiger partial charge in [0.25, 0.3) is 0 Å². The Morgan fingerprint density at radius 2 is 1.56 bits per heavy atom. The summed E-state index contributed by atoms with van der Waals surface area (Å²) in [7, 11) is 0. The van der Waals surface area contributed by atoms with E-state index in [-0.39, 0.29) is 43.1 Å². The molecule has 1 saturated heterocycles. The molecule has 8 bridgehead atoms. The van der Waals surface area contributed by atoms with Crippen LogP contribution in [0.15, 0.2) is 69.3 Å². The van der Waals surface area contributed by atoms with E-state index in [1.807, 2.05) is 23.5 Å². The molecule has 0 saturated carbocycles. The normalized spacial score (nSPS) is 35.7. The fraction of sp³-hybridized carbons (Fsp3) is 0.600. The van der Waals surface area contributed by atoms with Gasteiger partial charge in [-0.3, -0.25) is 9.59 Å². The third-order valence-electron chi connectivity index (χ3n) is 10.7. The second-order valence-corrected chi connectivity index (χ2v) is 15.7. The third kappa shape index (κ3) is 7.08. The van der Waals surface area contributed by atoms with Crippen molar-refractivity contribution in [3.05, 3.63) is 69.3 Å². The Bertz CT molecular complexity index is 1400. The Hall–Kier alpha value is -2.56. The van der Waals surface area contributed by atoms with Crippen molar-refractivity contribution in [2.24, 2.45) is 11.8 Å². The van der Waals surface area contributed by atoms with Crippen molar-refractivity contribution in [3.8, 4) is 0 Å². The number of carboxylic acid groups (broad SMARTS) is 2. The molecule has 1 fully saturated rings. The van der Waals surface area contributed by atoms with Gasteiger partial charge in [-0.2, -0.15) is 23.5 Å². The lowest BCUT2D eigenvalue weighted by Gasteiger charge is -2.26. The van der Waals surface area contributed by atoms with Crippen molar-refractivity contribution in [3.63, 3.8) is 0 Å². The zero-order valence-corrected chi connectivity index (χ0v) is 29.2. The zero-order valence-electron chi connectivity index (χ0n) is 27.6. The van der Waals surface area contributed by atoms with Gasteiger partial charge in [0.05, 0.1) is 12.1 Å². The minimum absolute atomic E-state index is 0.0630. The number of aliphatic carboxylic acids is 2. The smallest absolute Gasteiger partial charge is 0.303 e. The molecule has 0 amide bonds. The number of hydrogen-bond donors (Lipinski definition) is 6. The molecule has 0 aromatic carbocycles. The van der Waals surface area contributed by atoms with Crippen LogP contribution in [0.1, 0.15) is 66.7 Å². The van der Waals surface area contributed by atoms with Gasteiger partial charge in [0.15, 0.2) is 0 Å². The van der Waals surface area contributed by atoms with Crippen LogP contribution in [0.3, 0.4) is 0 Å². The maximum atomic E-state index is 11.6. The second kappa shape index (κ2) is 14.1. The molecule has 5 aliphatic heterocycles. The highest BCUT2D eigenvalue weighted by Gasteiger charge is 2.43. The number of carboxylic acids is 2. The molecule has 6 N–H and O–H groups in total. The minimum Gasteiger partial charge on any atom is -0.481 e. The van der Waals surface area contributed by atoms with E-state index in [0.717, 1.165) is 29.0 Å². The summed E-state index contributed by atoms with van der Waals surface area (Å²) in [6.07, 6.45) is 15.3. The predicted octanol–water partition coefficient (Wildman–Crippen LogP) is 5.34. The molecule has 5 rings (SSSR count). The largest absolute Gasteiger partial charge is 0.481 e. The van der Waals surface area contributed by atoms with E-state index >= 15 is 0 Å². The second-order valence-electron chi connectivity index (χ2n) is 13.3. The SMILES string of the molecule is CSC(C)C1=C(C)C2CC3N/C(=C\C4N/C(=C\C5NC(/C=C/1N2)C(C)C5C(C)SC)C=C4CCC(=O)O)C(CCC(=O)O)=C3C. The summed E-state index contributed by atoms with van der Waals surface area (Å²) in [6, 6.07) is 0.403. The van der Waals surface area contributed by atoms with Gasteiger partial charge in [-0.25, -0.2) is 0 Å². The average molecular weight is 655 g/mol. The van der Waals surface area contributed by atoms with Crippen LogP contribution in [0.25, 0.3) is 0 Å². The molecule has 0 aliphatic carbocycles. The quantitative estimate of drug-likeness (QED) is 0.184. The summed E-state index contributed by atoms with van der Waals surface area (Å²) in [4.78, 5) is 23.2. The summed E-state index contributed by atoms with van der Waals surface area (Å²) in [6.45, 7) is 11.4. The first-order chi connectivity index (χ1) is 21.4. The molecule has 246 valence electrons. The lowest BCUT2D eigenvalue weighted by Crippen LogP contribution is -2.36. The van der Waals surface area contributed by atoms with Gasteiger partial charge >= 0.3 is 11.9 Å². The van der Waals surface area contributed by atoms with Crippen molar-refractivity contribution in [2.75, 3.05) is 12.5 Å². The Balaban J connectivity index is 1.63. The van der Waals surface area contributed by atoms with Gasteiger partial charge < -0.3 is 31.5 Å². The summed E-state index contributed by atoms with van der Waals surface area (Å²) >= 11 is 3.78. The fourth-order valence-corrected chi connectivity index (χ4v) is 9.23. The molecule has 0 radical (unpaired) electrons. The first-order valence-corrected chi connectivity index (χ1v) is 18.8. The van der Waals surface area contributed by atoms with Crippen LogP contribution in [0.5, 0.6) is 0 Å². The molecule has 45 heavy (non-hydrogen) atoms. The summed E-state index contributed by atoms with van der Waals surface area (Å²) in [5, 5.41) is 35.3. The van der Waals surface area contributed by atoms with Crippen LogP contribution in [-0.2, 0) is 9.59 Å². The number of carbonyl (C=O) groups is 2. The molecule has 5 aliphatic rings. The topological polar surface area (TPSA) is 123 Å². The monoisotopic (exact) mass is 654 g/mol. The summed E-state index contributed by atoms with van der Waals surface area (Å²) < 4.78 is 0. The maximum absolute atomic E-state index is 11.6. The van der Waals surface area contributed by atoms with Crippen LogP contribution >= 0.6 is 23.5 Å². The molecule has 9 unspecified atom stereocenters. The Labute approximate surface area is 276 Å². The molecular weight excluding hydrogens is 605 g/mol. The Morgan fingerprint density at radius 1 is 0.889 bits per heavy atom. The molecule has 9 atom stereocenters.